The zero-order chi connectivity index (χ0) is 30.2. The molecule has 2 aromatic carbocycles. The first-order valence-corrected chi connectivity index (χ1v) is 13.7. The third-order valence-electron chi connectivity index (χ3n) is 6.65. The summed E-state index contributed by atoms with van der Waals surface area (Å²) in [5.74, 6) is 0.982. The van der Waals surface area contributed by atoms with Gasteiger partial charge in [-0.2, -0.15) is 5.26 Å². The van der Waals surface area contributed by atoms with Crippen molar-refractivity contribution in [2.45, 2.75) is 34.3 Å². The van der Waals surface area contributed by atoms with E-state index in [1.54, 1.807) is 24.4 Å². The number of nitrogens with zero attached hydrogens (tertiary/aromatic N) is 4. The third-order valence-corrected chi connectivity index (χ3v) is 6.65. The van der Waals surface area contributed by atoms with E-state index in [2.05, 4.69) is 26.7 Å². The van der Waals surface area contributed by atoms with Gasteiger partial charge in [-0.3, -0.25) is 14.8 Å². The lowest BCUT2D eigenvalue weighted by atomic mass is 10.1. The minimum absolute atomic E-state index is 0.279. The SMILES string of the molecule is CCOc1cc2ncc(C#N)c(Nc3cc(C)c(OCc4ncccc4C)cc3C)c2cc1NC(=O)/C=C/CN(C)C. The molecule has 4 rings (SSSR count). The Hall–Kier alpha value is -4.94. The number of rotatable bonds is 11. The number of pyridine rings is 2. The second-order valence-electron chi connectivity index (χ2n) is 10.2. The van der Waals surface area contributed by atoms with Crippen molar-refractivity contribution < 1.29 is 14.3 Å². The summed E-state index contributed by atoms with van der Waals surface area (Å²) in [4.78, 5) is 23.6. The van der Waals surface area contributed by atoms with Crippen LogP contribution in [0.4, 0.5) is 17.1 Å². The lowest BCUT2D eigenvalue weighted by molar-refractivity contribution is -0.111. The number of nitrogens with one attached hydrogen (secondary N) is 2. The van der Waals surface area contributed by atoms with Gasteiger partial charge in [0.2, 0.25) is 5.91 Å². The van der Waals surface area contributed by atoms with Crippen molar-refractivity contribution in [3.63, 3.8) is 0 Å². The molecule has 4 aromatic rings. The van der Waals surface area contributed by atoms with Crippen LogP contribution in [0.3, 0.4) is 0 Å². The Balaban J connectivity index is 1.68. The number of likely N-dealkylation sites (N-methyl/N-ethyl adjacent to an activating group) is 1. The van der Waals surface area contributed by atoms with Gasteiger partial charge in [-0.1, -0.05) is 12.1 Å². The van der Waals surface area contributed by atoms with Crippen molar-refractivity contribution in [1.82, 2.24) is 14.9 Å². The number of aromatic nitrogens is 2. The number of nitriles is 1. The van der Waals surface area contributed by atoms with Crippen LogP contribution < -0.4 is 20.1 Å². The van der Waals surface area contributed by atoms with Crippen molar-refractivity contribution in [2.75, 3.05) is 37.9 Å². The number of amides is 1. The Morgan fingerprint density at radius 2 is 1.83 bits per heavy atom. The topological polar surface area (TPSA) is 112 Å². The maximum atomic E-state index is 12.7. The van der Waals surface area contributed by atoms with Crippen molar-refractivity contribution in [3.05, 3.63) is 88.9 Å². The van der Waals surface area contributed by atoms with E-state index in [-0.39, 0.29) is 5.91 Å². The molecule has 2 aromatic heterocycles. The van der Waals surface area contributed by atoms with Crippen LogP contribution in [0.1, 0.15) is 34.9 Å². The summed E-state index contributed by atoms with van der Waals surface area (Å²) in [5, 5.41) is 17.0. The second-order valence-corrected chi connectivity index (χ2v) is 10.2. The minimum Gasteiger partial charge on any atom is -0.492 e. The summed E-state index contributed by atoms with van der Waals surface area (Å²) in [6.45, 7) is 9.27. The molecular formula is C33H36N6O3. The molecule has 2 heterocycles. The molecule has 0 atom stereocenters. The van der Waals surface area contributed by atoms with Gasteiger partial charge in [0.15, 0.2) is 0 Å². The number of carbonyl (C=O) groups is 1. The molecule has 42 heavy (non-hydrogen) atoms. The molecule has 0 radical (unpaired) electrons. The van der Waals surface area contributed by atoms with E-state index in [1.165, 1.54) is 12.3 Å². The predicted octanol–water partition coefficient (Wildman–Crippen LogP) is 6.20. The molecule has 0 aliphatic carbocycles. The Labute approximate surface area is 246 Å². The summed E-state index contributed by atoms with van der Waals surface area (Å²) in [7, 11) is 3.86. The Morgan fingerprint density at radius 3 is 2.55 bits per heavy atom. The highest BCUT2D eigenvalue weighted by Gasteiger charge is 2.17. The Bertz CT molecular complexity index is 1670. The Kier molecular flexibility index (Phi) is 9.73. The number of ether oxygens (including phenoxy) is 2. The smallest absolute Gasteiger partial charge is 0.248 e. The van der Waals surface area contributed by atoms with E-state index in [9.17, 15) is 10.1 Å². The molecule has 0 aliphatic rings. The van der Waals surface area contributed by atoms with E-state index in [0.29, 0.717) is 53.3 Å². The molecule has 9 heteroatoms. The Morgan fingerprint density at radius 1 is 1.02 bits per heavy atom. The number of fused-ring (bicyclic) bond motifs is 1. The maximum absolute atomic E-state index is 12.7. The zero-order valence-corrected chi connectivity index (χ0v) is 24.9. The van der Waals surface area contributed by atoms with Crippen LogP contribution in [0.25, 0.3) is 10.9 Å². The van der Waals surface area contributed by atoms with E-state index >= 15 is 0 Å². The highest BCUT2D eigenvalue weighted by atomic mass is 16.5. The molecule has 0 unspecified atom stereocenters. The van der Waals surface area contributed by atoms with Gasteiger partial charge < -0.3 is 25.0 Å². The van der Waals surface area contributed by atoms with Gasteiger partial charge in [-0.15, -0.1) is 0 Å². The van der Waals surface area contributed by atoms with Gasteiger partial charge in [0.05, 0.1) is 34.8 Å². The highest BCUT2D eigenvalue weighted by Crippen LogP contribution is 2.37. The van der Waals surface area contributed by atoms with E-state index in [4.69, 9.17) is 9.47 Å². The molecule has 1 amide bonds. The summed E-state index contributed by atoms with van der Waals surface area (Å²) in [6, 6.07) is 13.7. The highest BCUT2D eigenvalue weighted by molar-refractivity contribution is 6.05. The van der Waals surface area contributed by atoms with Crippen molar-refractivity contribution in [1.29, 1.82) is 5.26 Å². The molecule has 2 N–H and O–H groups in total. The first kappa shape index (κ1) is 30.0. The van der Waals surface area contributed by atoms with Gasteiger partial charge in [-0.05, 0) is 82.7 Å². The summed E-state index contributed by atoms with van der Waals surface area (Å²) < 4.78 is 11.9. The number of aryl methyl sites for hydroxylation is 3. The molecule has 0 fully saturated rings. The number of benzene rings is 2. The van der Waals surface area contributed by atoms with Gasteiger partial charge in [-0.25, -0.2) is 0 Å². The molecule has 216 valence electrons. The predicted molar refractivity (Wildman–Crippen MR) is 166 cm³/mol. The quantitative estimate of drug-likeness (QED) is 0.207. The fourth-order valence-electron chi connectivity index (χ4n) is 4.39. The van der Waals surface area contributed by atoms with Crippen LogP contribution in [-0.2, 0) is 11.4 Å². The fraction of sp³-hybridized carbons (Fsp3) is 0.273. The number of carbonyl (C=O) groups excluding carboxylic acids is 1. The fourth-order valence-corrected chi connectivity index (χ4v) is 4.39. The average molecular weight is 565 g/mol. The molecular weight excluding hydrogens is 528 g/mol. The number of anilines is 3. The van der Waals surface area contributed by atoms with E-state index < -0.39 is 0 Å². The number of hydrogen-bond acceptors (Lipinski definition) is 8. The molecule has 0 bridgehead atoms. The normalized spacial score (nSPS) is 11.1. The van der Waals surface area contributed by atoms with E-state index in [1.807, 2.05) is 71.0 Å². The third kappa shape index (κ3) is 7.22. The van der Waals surface area contributed by atoms with Gasteiger partial charge >= 0.3 is 0 Å². The number of hydrogen-bond donors (Lipinski definition) is 2. The van der Waals surface area contributed by atoms with E-state index in [0.717, 1.165) is 33.8 Å². The van der Waals surface area contributed by atoms with Crippen LogP contribution >= 0.6 is 0 Å². The van der Waals surface area contributed by atoms with Gasteiger partial charge in [0.1, 0.15) is 24.2 Å². The van der Waals surface area contributed by atoms with Crippen molar-refractivity contribution in [3.8, 4) is 17.6 Å². The molecule has 9 nitrogen and oxygen atoms in total. The maximum Gasteiger partial charge on any atom is 0.248 e. The lowest BCUT2D eigenvalue weighted by Gasteiger charge is -2.18. The van der Waals surface area contributed by atoms with Crippen LogP contribution in [0.5, 0.6) is 11.5 Å². The molecule has 0 spiro atoms. The van der Waals surface area contributed by atoms with Crippen molar-refractivity contribution in [2.24, 2.45) is 0 Å². The van der Waals surface area contributed by atoms with Crippen LogP contribution in [-0.4, -0.2) is 48.0 Å². The summed E-state index contributed by atoms with van der Waals surface area (Å²) in [5.41, 5.74) is 6.74. The average Bonchev–Trinajstić information content (AvgIpc) is 2.95. The standard InChI is InChI=1S/C33H36N6O3/c1-7-41-31-17-27-25(16-28(31)37-32(40)11-9-13-39(5)6)33(24(18-34)19-36-27)38-26-14-23(4)30(15-22(26)3)42-20-29-21(2)10-8-12-35-29/h8-12,14-17,19H,7,13,20H2,1-6H3,(H,36,38)(H,37,40)/b11-9+. The molecule has 0 aliphatic heterocycles. The molecule has 0 saturated carbocycles. The first-order valence-electron chi connectivity index (χ1n) is 13.7. The monoisotopic (exact) mass is 564 g/mol. The van der Waals surface area contributed by atoms with Crippen molar-refractivity contribution >= 4 is 33.9 Å². The summed E-state index contributed by atoms with van der Waals surface area (Å²) in [6.07, 6.45) is 6.58. The summed E-state index contributed by atoms with van der Waals surface area (Å²) >= 11 is 0. The van der Waals surface area contributed by atoms with Crippen LogP contribution in [0.15, 0.2) is 60.9 Å². The second kappa shape index (κ2) is 13.6. The van der Waals surface area contributed by atoms with Crippen LogP contribution in [0, 0.1) is 32.1 Å². The minimum atomic E-state index is -0.279. The van der Waals surface area contributed by atoms with Crippen LogP contribution in [0.2, 0.25) is 0 Å². The van der Waals surface area contributed by atoms with Gasteiger partial charge in [0.25, 0.3) is 0 Å². The lowest BCUT2D eigenvalue weighted by Crippen LogP contribution is -2.13. The largest absolute Gasteiger partial charge is 0.492 e. The van der Waals surface area contributed by atoms with Gasteiger partial charge in [0, 0.05) is 42.2 Å². The molecule has 0 saturated heterocycles. The first-order chi connectivity index (χ1) is 20.2. The zero-order valence-electron chi connectivity index (χ0n) is 24.9.